The van der Waals surface area contributed by atoms with E-state index in [9.17, 15) is 4.79 Å². The molecule has 1 amide bonds. The van der Waals surface area contributed by atoms with Gasteiger partial charge in [0.15, 0.2) is 18.1 Å². The fraction of sp³-hybridized carbons (Fsp3) is 0.350. The lowest BCUT2D eigenvalue weighted by Gasteiger charge is -2.27. The van der Waals surface area contributed by atoms with Crippen LogP contribution < -0.4 is 19.7 Å². The zero-order chi connectivity index (χ0) is 17.5. The minimum absolute atomic E-state index is 0.0154. The molecule has 1 aliphatic heterocycles. The van der Waals surface area contributed by atoms with Crippen LogP contribution in [0.3, 0.4) is 0 Å². The molecule has 0 saturated carbocycles. The Balaban J connectivity index is 1.49. The molecule has 3 rings (SSSR count). The van der Waals surface area contributed by atoms with E-state index in [4.69, 9.17) is 9.47 Å². The first-order valence-corrected chi connectivity index (χ1v) is 8.62. The Bertz CT molecular complexity index is 690. The maximum absolute atomic E-state index is 12.1. The summed E-state index contributed by atoms with van der Waals surface area (Å²) in [5.74, 6) is 1.08. The molecule has 2 aromatic rings. The van der Waals surface area contributed by atoms with Crippen molar-refractivity contribution in [3.8, 4) is 11.5 Å². The van der Waals surface area contributed by atoms with E-state index in [0.29, 0.717) is 24.1 Å². The van der Waals surface area contributed by atoms with E-state index in [1.54, 1.807) is 13.2 Å². The van der Waals surface area contributed by atoms with Crippen molar-refractivity contribution in [1.29, 1.82) is 0 Å². The van der Waals surface area contributed by atoms with Gasteiger partial charge in [0.05, 0.1) is 7.11 Å². The molecule has 1 fully saturated rings. The van der Waals surface area contributed by atoms with Crippen LogP contribution >= 0.6 is 0 Å². The number of carbonyl (C=O) groups is 1. The van der Waals surface area contributed by atoms with Gasteiger partial charge in [0.2, 0.25) is 0 Å². The zero-order valence-electron chi connectivity index (χ0n) is 14.5. The Morgan fingerprint density at radius 2 is 1.84 bits per heavy atom. The second-order valence-electron chi connectivity index (χ2n) is 6.07. The Morgan fingerprint density at radius 3 is 2.60 bits per heavy atom. The van der Waals surface area contributed by atoms with Crippen molar-refractivity contribution in [1.82, 2.24) is 5.32 Å². The fourth-order valence-corrected chi connectivity index (χ4v) is 3.17. The maximum atomic E-state index is 12.1. The number of benzene rings is 2. The SMILES string of the molecule is COc1ccccc1OCC(=O)NC[C@H]1CCCN1c1ccccc1. The van der Waals surface area contributed by atoms with E-state index < -0.39 is 0 Å². The minimum Gasteiger partial charge on any atom is -0.493 e. The number of methoxy groups -OCH3 is 1. The largest absolute Gasteiger partial charge is 0.493 e. The lowest BCUT2D eigenvalue weighted by atomic mass is 10.2. The molecule has 1 N–H and O–H groups in total. The van der Waals surface area contributed by atoms with Crippen LogP contribution in [0.5, 0.6) is 11.5 Å². The number of amides is 1. The summed E-state index contributed by atoms with van der Waals surface area (Å²) in [5, 5.41) is 2.99. The van der Waals surface area contributed by atoms with E-state index in [-0.39, 0.29) is 12.5 Å². The second kappa shape index (κ2) is 8.42. The summed E-state index contributed by atoms with van der Waals surface area (Å²) in [6.45, 7) is 1.64. The van der Waals surface area contributed by atoms with Gasteiger partial charge in [-0.3, -0.25) is 4.79 Å². The molecule has 0 aliphatic carbocycles. The summed E-state index contributed by atoms with van der Waals surface area (Å²) < 4.78 is 10.8. The van der Waals surface area contributed by atoms with Crippen molar-refractivity contribution >= 4 is 11.6 Å². The molecule has 0 unspecified atom stereocenters. The first kappa shape index (κ1) is 17.1. The molecule has 1 saturated heterocycles. The van der Waals surface area contributed by atoms with Crippen molar-refractivity contribution in [2.24, 2.45) is 0 Å². The van der Waals surface area contributed by atoms with E-state index in [1.165, 1.54) is 5.69 Å². The van der Waals surface area contributed by atoms with E-state index in [0.717, 1.165) is 19.4 Å². The first-order valence-electron chi connectivity index (χ1n) is 8.62. The Hall–Kier alpha value is -2.69. The molecular formula is C20H24N2O3. The van der Waals surface area contributed by atoms with Crippen molar-refractivity contribution in [2.75, 3.05) is 31.7 Å². The summed E-state index contributed by atoms with van der Waals surface area (Å²) >= 11 is 0. The summed E-state index contributed by atoms with van der Waals surface area (Å²) in [7, 11) is 1.58. The van der Waals surface area contributed by atoms with Crippen LogP contribution in [-0.4, -0.2) is 38.8 Å². The fourth-order valence-electron chi connectivity index (χ4n) is 3.17. The highest BCUT2D eigenvalue weighted by Crippen LogP contribution is 2.26. The molecule has 0 radical (unpaired) electrons. The number of para-hydroxylation sites is 3. The molecule has 25 heavy (non-hydrogen) atoms. The van der Waals surface area contributed by atoms with Gasteiger partial charge < -0.3 is 19.7 Å². The van der Waals surface area contributed by atoms with E-state index in [2.05, 4.69) is 22.3 Å². The standard InChI is InChI=1S/C20H24N2O3/c1-24-18-11-5-6-12-19(18)25-15-20(23)21-14-17-10-7-13-22(17)16-8-3-2-4-9-16/h2-6,8-9,11-12,17H,7,10,13-15H2,1H3,(H,21,23)/t17-/m1/s1. The number of nitrogens with zero attached hydrogens (tertiary/aromatic N) is 1. The number of nitrogens with one attached hydrogen (secondary N) is 1. The molecule has 0 aromatic heterocycles. The van der Waals surface area contributed by atoms with E-state index in [1.807, 2.05) is 36.4 Å². The highest BCUT2D eigenvalue weighted by Gasteiger charge is 2.24. The van der Waals surface area contributed by atoms with Gasteiger partial charge >= 0.3 is 0 Å². The van der Waals surface area contributed by atoms with Gasteiger partial charge in [-0.2, -0.15) is 0 Å². The molecule has 1 heterocycles. The lowest BCUT2D eigenvalue weighted by molar-refractivity contribution is -0.123. The highest BCUT2D eigenvalue weighted by molar-refractivity contribution is 5.77. The zero-order valence-corrected chi connectivity index (χ0v) is 14.5. The predicted octanol–water partition coefficient (Wildman–Crippen LogP) is 2.86. The third kappa shape index (κ3) is 4.44. The van der Waals surface area contributed by atoms with Crippen LogP contribution in [0.4, 0.5) is 5.69 Å². The first-order chi connectivity index (χ1) is 12.3. The van der Waals surface area contributed by atoms with Crippen LogP contribution in [0.1, 0.15) is 12.8 Å². The number of anilines is 1. The smallest absolute Gasteiger partial charge is 0.258 e. The Morgan fingerprint density at radius 1 is 1.12 bits per heavy atom. The van der Waals surface area contributed by atoms with Crippen molar-refractivity contribution in [3.63, 3.8) is 0 Å². The number of ether oxygens (including phenoxy) is 2. The third-order valence-electron chi connectivity index (χ3n) is 4.43. The summed E-state index contributed by atoms with van der Waals surface area (Å²) in [4.78, 5) is 14.5. The van der Waals surface area contributed by atoms with Gasteiger partial charge in [0.1, 0.15) is 0 Å². The van der Waals surface area contributed by atoms with Crippen LogP contribution in [0.15, 0.2) is 54.6 Å². The van der Waals surface area contributed by atoms with Crippen LogP contribution in [-0.2, 0) is 4.79 Å². The minimum atomic E-state index is -0.120. The van der Waals surface area contributed by atoms with Crippen LogP contribution in [0.2, 0.25) is 0 Å². The molecule has 5 heteroatoms. The van der Waals surface area contributed by atoms with Gasteiger partial charge in [0.25, 0.3) is 5.91 Å². The van der Waals surface area contributed by atoms with E-state index >= 15 is 0 Å². The molecular weight excluding hydrogens is 316 g/mol. The molecule has 1 aliphatic rings. The highest BCUT2D eigenvalue weighted by atomic mass is 16.5. The van der Waals surface area contributed by atoms with Crippen LogP contribution in [0.25, 0.3) is 0 Å². The summed E-state index contributed by atoms with van der Waals surface area (Å²) in [6.07, 6.45) is 2.23. The monoisotopic (exact) mass is 340 g/mol. The average Bonchev–Trinajstić information content (AvgIpc) is 3.14. The average molecular weight is 340 g/mol. The maximum Gasteiger partial charge on any atom is 0.258 e. The number of carbonyl (C=O) groups excluding carboxylic acids is 1. The quantitative estimate of drug-likeness (QED) is 0.842. The summed E-state index contributed by atoms with van der Waals surface area (Å²) in [5.41, 5.74) is 1.21. The molecule has 5 nitrogen and oxygen atoms in total. The van der Waals surface area contributed by atoms with Gasteiger partial charge in [-0.1, -0.05) is 30.3 Å². The summed E-state index contributed by atoms with van der Waals surface area (Å²) in [6, 6.07) is 18.0. The molecule has 132 valence electrons. The van der Waals surface area contributed by atoms with Crippen molar-refractivity contribution in [2.45, 2.75) is 18.9 Å². The molecule has 2 aromatic carbocycles. The van der Waals surface area contributed by atoms with Gasteiger partial charge in [-0.15, -0.1) is 0 Å². The number of hydrogen-bond acceptors (Lipinski definition) is 4. The molecule has 0 bridgehead atoms. The third-order valence-corrected chi connectivity index (χ3v) is 4.43. The van der Waals surface area contributed by atoms with Crippen molar-refractivity contribution < 1.29 is 14.3 Å². The second-order valence-corrected chi connectivity index (χ2v) is 6.07. The molecule has 1 atom stereocenters. The topological polar surface area (TPSA) is 50.8 Å². The normalized spacial score (nSPS) is 16.5. The lowest BCUT2D eigenvalue weighted by Crippen LogP contribution is -2.41. The molecule has 0 spiro atoms. The Kier molecular flexibility index (Phi) is 5.77. The van der Waals surface area contributed by atoms with Crippen molar-refractivity contribution in [3.05, 3.63) is 54.6 Å². The van der Waals surface area contributed by atoms with Gasteiger partial charge in [0, 0.05) is 24.8 Å². The Labute approximate surface area is 148 Å². The van der Waals surface area contributed by atoms with Crippen LogP contribution in [0, 0.1) is 0 Å². The number of rotatable bonds is 7. The predicted molar refractivity (Wildman–Crippen MR) is 98.3 cm³/mol. The van der Waals surface area contributed by atoms with Gasteiger partial charge in [-0.25, -0.2) is 0 Å². The van der Waals surface area contributed by atoms with Gasteiger partial charge in [-0.05, 0) is 37.1 Å². The number of hydrogen-bond donors (Lipinski definition) is 1.